The lowest BCUT2D eigenvalue weighted by molar-refractivity contribution is 0.251. The SMILES string of the molecule is CCC(NC(C)C1CC2CCC1C2)/C(N)=N/O. The lowest BCUT2D eigenvalue weighted by Crippen LogP contribution is -2.48. The Labute approximate surface area is 104 Å². The van der Waals surface area contributed by atoms with Crippen molar-refractivity contribution in [2.45, 2.75) is 58.0 Å². The maximum Gasteiger partial charge on any atom is 0.156 e. The second-order valence-corrected chi connectivity index (χ2v) is 5.78. The summed E-state index contributed by atoms with van der Waals surface area (Å²) >= 11 is 0. The first-order valence-corrected chi connectivity index (χ1v) is 6.89. The monoisotopic (exact) mass is 239 g/mol. The molecule has 98 valence electrons. The van der Waals surface area contributed by atoms with Crippen molar-refractivity contribution >= 4 is 5.84 Å². The number of fused-ring (bicyclic) bond motifs is 2. The highest BCUT2D eigenvalue weighted by Crippen LogP contribution is 2.49. The molecular weight excluding hydrogens is 214 g/mol. The van der Waals surface area contributed by atoms with E-state index < -0.39 is 0 Å². The topological polar surface area (TPSA) is 70.6 Å². The zero-order valence-corrected chi connectivity index (χ0v) is 10.9. The standard InChI is InChI=1S/C13H25N3O/c1-3-12(13(14)16-17)15-8(2)11-7-9-4-5-10(11)6-9/h8-12,15,17H,3-7H2,1-2H3,(H2,14,16). The molecule has 2 aliphatic carbocycles. The van der Waals surface area contributed by atoms with Gasteiger partial charge in [-0.05, 0) is 50.4 Å². The van der Waals surface area contributed by atoms with Crippen LogP contribution in [0.4, 0.5) is 0 Å². The Kier molecular flexibility index (Phi) is 3.92. The highest BCUT2D eigenvalue weighted by molar-refractivity contribution is 5.85. The van der Waals surface area contributed by atoms with Crippen LogP contribution in [0.5, 0.6) is 0 Å². The van der Waals surface area contributed by atoms with Gasteiger partial charge in [0.15, 0.2) is 5.84 Å². The molecule has 0 amide bonds. The van der Waals surface area contributed by atoms with E-state index in [1.807, 2.05) is 0 Å². The van der Waals surface area contributed by atoms with Gasteiger partial charge in [-0.3, -0.25) is 0 Å². The first kappa shape index (κ1) is 12.7. The number of rotatable bonds is 5. The van der Waals surface area contributed by atoms with E-state index in [9.17, 15) is 0 Å². The predicted octanol–water partition coefficient (Wildman–Crippen LogP) is 1.93. The third kappa shape index (κ3) is 2.57. The van der Waals surface area contributed by atoms with Crippen molar-refractivity contribution in [3.05, 3.63) is 0 Å². The number of nitrogens with zero attached hydrogens (tertiary/aromatic N) is 1. The molecule has 0 aliphatic heterocycles. The minimum absolute atomic E-state index is 0.00845. The van der Waals surface area contributed by atoms with E-state index >= 15 is 0 Å². The van der Waals surface area contributed by atoms with Crippen molar-refractivity contribution in [1.29, 1.82) is 0 Å². The summed E-state index contributed by atoms with van der Waals surface area (Å²) in [6.45, 7) is 4.31. The van der Waals surface area contributed by atoms with E-state index in [1.54, 1.807) is 0 Å². The average Bonchev–Trinajstić information content (AvgIpc) is 2.96. The molecule has 2 saturated carbocycles. The number of nitrogens with one attached hydrogen (secondary N) is 1. The fraction of sp³-hybridized carbons (Fsp3) is 0.923. The molecule has 0 aromatic rings. The molecule has 4 heteroatoms. The van der Waals surface area contributed by atoms with Gasteiger partial charge in [-0.1, -0.05) is 18.5 Å². The summed E-state index contributed by atoms with van der Waals surface area (Å²) in [4.78, 5) is 0. The molecule has 2 bridgehead atoms. The molecule has 0 radical (unpaired) electrons. The molecule has 4 nitrogen and oxygen atoms in total. The lowest BCUT2D eigenvalue weighted by Gasteiger charge is -2.31. The number of amidine groups is 1. The summed E-state index contributed by atoms with van der Waals surface area (Å²) in [5.74, 6) is 2.97. The van der Waals surface area contributed by atoms with Crippen LogP contribution < -0.4 is 11.1 Å². The quantitative estimate of drug-likeness (QED) is 0.297. The van der Waals surface area contributed by atoms with E-state index in [2.05, 4.69) is 24.3 Å². The Morgan fingerprint density at radius 1 is 1.47 bits per heavy atom. The number of hydrogen-bond acceptors (Lipinski definition) is 3. The zero-order valence-electron chi connectivity index (χ0n) is 10.9. The minimum atomic E-state index is 0.00845. The van der Waals surface area contributed by atoms with Crippen LogP contribution in [0, 0.1) is 17.8 Å². The highest BCUT2D eigenvalue weighted by atomic mass is 16.4. The van der Waals surface area contributed by atoms with Gasteiger partial charge < -0.3 is 16.3 Å². The van der Waals surface area contributed by atoms with Crippen LogP contribution >= 0.6 is 0 Å². The molecule has 0 saturated heterocycles. The van der Waals surface area contributed by atoms with Gasteiger partial charge in [0.1, 0.15) is 0 Å². The van der Waals surface area contributed by atoms with Crippen molar-refractivity contribution < 1.29 is 5.21 Å². The molecule has 5 unspecified atom stereocenters. The van der Waals surface area contributed by atoms with Crippen molar-refractivity contribution in [2.75, 3.05) is 0 Å². The fourth-order valence-electron chi connectivity index (χ4n) is 3.83. The third-order valence-electron chi connectivity index (χ3n) is 4.78. The van der Waals surface area contributed by atoms with Crippen LogP contribution in [0.3, 0.4) is 0 Å². The first-order chi connectivity index (χ1) is 8.15. The third-order valence-corrected chi connectivity index (χ3v) is 4.78. The van der Waals surface area contributed by atoms with Gasteiger partial charge in [0.05, 0.1) is 6.04 Å². The van der Waals surface area contributed by atoms with Crippen molar-refractivity contribution in [1.82, 2.24) is 5.32 Å². The van der Waals surface area contributed by atoms with Gasteiger partial charge in [0.2, 0.25) is 0 Å². The van der Waals surface area contributed by atoms with Gasteiger partial charge in [-0.25, -0.2) is 0 Å². The molecular formula is C13H25N3O. The summed E-state index contributed by atoms with van der Waals surface area (Å²) in [5.41, 5.74) is 5.69. The van der Waals surface area contributed by atoms with Crippen molar-refractivity contribution in [3.8, 4) is 0 Å². The maximum absolute atomic E-state index is 8.74. The van der Waals surface area contributed by atoms with Crippen molar-refractivity contribution in [3.63, 3.8) is 0 Å². The van der Waals surface area contributed by atoms with Gasteiger partial charge in [-0.2, -0.15) is 0 Å². The Morgan fingerprint density at radius 3 is 2.71 bits per heavy atom. The van der Waals surface area contributed by atoms with Gasteiger partial charge >= 0.3 is 0 Å². The second-order valence-electron chi connectivity index (χ2n) is 5.78. The molecule has 2 fully saturated rings. The smallest absolute Gasteiger partial charge is 0.156 e. The minimum Gasteiger partial charge on any atom is -0.409 e. The van der Waals surface area contributed by atoms with E-state index in [4.69, 9.17) is 10.9 Å². The predicted molar refractivity (Wildman–Crippen MR) is 69.0 cm³/mol. The normalized spacial score (nSPS) is 36.1. The van der Waals surface area contributed by atoms with Crippen LogP contribution in [-0.2, 0) is 0 Å². The largest absolute Gasteiger partial charge is 0.409 e. The van der Waals surface area contributed by atoms with Gasteiger partial charge in [0, 0.05) is 6.04 Å². The maximum atomic E-state index is 8.74. The van der Waals surface area contributed by atoms with E-state index in [1.165, 1.54) is 25.7 Å². The summed E-state index contributed by atoms with van der Waals surface area (Å²) in [5, 5.41) is 15.4. The molecule has 0 heterocycles. The van der Waals surface area contributed by atoms with Gasteiger partial charge in [-0.15, -0.1) is 0 Å². The summed E-state index contributed by atoms with van der Waals surface area (Å²) in [6.07, 6.45) is 6.50. The van der Waals surface area contributed by atoms with E-state index in [-0.39, 0.29) is 6.04 Å². The Balaban J connectivity index is 1.90. The molecule has 0 aromatic heterocycles. The molecule has 5 atom stereocenters. The Morgan fingerprint density at radius 2 is 2.24 bits per heavy atom. The van der Waals surface area contributed by atoms with E-state index in [0.717, 1.165) is 24.2 Å². The molecule has 0 aromatic carbocycles. The second kappa shape index (κ2) is 5.25. The Hall–Kier alpha value is -0.770. The van der Waals surface area contributed by atoms with Crippen LogP contribution in [0.25, 0.3) is 0 Å². The van der Waals surface area contributed by atoms with Crippen LogP contribution in [0.15, 0.2) is 5.16 Å². The fourth-order valence-corrected chi connectivity index (χ4v) is 3.83. The summed E-state index contributed by atoms with van der Waals surface area (Å²) in [7, 11) is 0. The molecule has 17 heavy (non-hydrogen) atoms. The van der Waals surface area contributed by atoms with Crippen LogP contribution in [-0.4, -0.2) is 23.1 Å². The number of oxime groups is 1. The summed E-state index contributed by atoms with van der Waals surface area (Å²) in [6, 6.07) is 0.477. The highest BCUT2D eigenvalue weighted by Gasteiger charge is 2.42. The van der Waals surface area contributed by atoms with Crippen LogP contribution in [0.2, 0.25) is 0 Å². The average molecular weight is 239 g/mol. The zero-order chi connectivity index (χ0) is 12.4. The first-order valence-electron chi connectivity index (χ1n) is 6.89. The van der Waals surface area contributed by atoms with Crippen molar-refractivity contribution in [2.24, 2.45) is 28.6 Å². The molecule has 4 N–H and O–H groups in total. The number of nitrogens with two attached hydrogens (primary N) is 1. The lowest BCUT2D eigenvalue weighted by atomic mass is 9.83. The van der Waals surface area contributed by atoms with E-state index in [0.29, 0.717) is 11.9 Å². The summed E-state index contributed by atoms with van der Waals surface area (Å²) < 4.78 is 0. The Bertz CT molecular complexity index is 292. The van der Waals surface area contributed by atoms with Gasteiger partial charge in [0.25, 0.3) is 0 Å². The molecule has 2 aliphatic rings. The van der Waals surface area contributed by atoms with Crippen LogP contribution in [0.1, 0.15) is 46.0 Å². The molecule has 2 rings (SSSR count). The molecule has 0 spiro atoms. The number of hydrogen-bond donors (Lipinski definition) is 3.